The number of halogens is 1. The number of rotatable bonds is 3. The van der Waals surface area contributed by atoms with E-state index in [4.69, 9.17) is 4.74 Å². The molecule has 132 valence electrons. The summed E-state index contributed by atoms with van der Waals surface area (Å²) < 4.78 is 18.6. The summed E-state index contributed by atoms with van der Waals surface area (Å²) in [5.41, 5.74) is 3.67. The van der Waals surface area contributed by atoms with Crippen molar-refractivity contribution in [2.45, 2.75) is 6.42 Å². The minimum Gasteiger partial charge on any atom is -0.497 e. The molecule has 0 unspecified atom stereocenters. The van der Waals surface area contributed by atoms with Crippen LogP contribution in [0.5, 0.6) is 5.75 Å². The van der Waals surface area contributed by atoms with Crippen LogP contribution in [0.1, 0.15) is 22.3 Å². The van der Waals surface area contributed by atoms with Gasteiger partial charge >= 0.3 is 0 Å². The minimum absolute atomic E-state index is 0.000183. The largest absolute Gasteiger partial charge is 0.497 e. The maximum Gasteiger partial charge on any atom is 0.254 e. The number of hydrogen-bond acceptors (Lipinski definition) is 2. The Hall–Kier alpha value is -3.08. The normalized spacial score (nSPS) is 14.4. The summed E-state index contributed by atoms with van der Waals surface area (Å²) >= 11 is 0. The van der Waals surface area contributed by atoms with Gasteiger partial charge in [-0.15, -0.1) is 0 Å². The molecule has 26 heavy (non-hydrogen) atoms. The first-order valence-corrected chi connectivity index (χ1v) is 8.55. The van der Waals surface area contributed by atoms with Crippen molar-refractivity contribution < 1.29 is 13.9 Å². The highest BCUT2D eigenvalue weighted by molar-refractivity contribution is 5.96. The first kappa shape index (κ1) is 16.4. The molecule has 4 nitrogen and oxygen atoms in total. The third-order valence-corrected chi connectivity index (χ3v) is 4.80. The van der Waals surface area contributed by atoms with E-state index in [9.17, 15) is 9.18 Å². The lowest BCUT2D eigenvalue weighted by molar-refractivity contribution is 0.0772. The lowest BCUT2D eigenvalue weighted by Gasteiger charge is -2.26. The van der Waals surface area contributed by atoms with Gasteiger partial charge < -0.3 is 14.6 Å². The van der Waals surface area contributed by atoms with E-state index in [0.29, 0.717) is 24.4 Å². The Kier molecular flexibility index (Phi) is 4.21. The quantitative estimate of drug-likeness (QED) is 0.768. The summed E-state index contributed by atoms with van der Waals surface area (Å²) in [6.45, 7) is 1.20. The number of methoxy groups -OCH3 is 1. The molecule has 0 atom stereocenters. The highest BCUT2D eigenvalue weighted by atomic mass is 19.1. The number of hydrogen-bond donors (Lipinski definition) is 1. The van der Waals surface area contributed by atoms with E-state index in [1.165, 1.54) is 17.7 Å². The third-order valence-electron chi connectivity index (χ3n) is 4.80. The van der Waals surface area contributed by atoms with Gasteiger partial charge in [-0.2, -0.15) is 0 Å². The van der Waals surface area contributed by atoms with Gasteiger partial charge in [0.1, 0.15) is 11.6 Å². The number of carbonyl (C=O) groups is 1. The lowest BCUT2D eigenvalue weighted by Crippen LogP contribution is -2.34. The number of aromatic amines is 1. The monoisotopic (exact) mass is 350 g/mol. The molecular formula is C21H19FN2O2. The average molecular weight is 350 g/mol. The Bertz CT molecular complexity index is 1010. The Morgan fingerprint density at radius 1 is 1.23 bits per heavy atom. The summed E-state index contributed by atoms with van der Waals surface area (Å²) in [5.74, 6) is 0.425. The Morgan fingerprint density at radius 2 is 2.12 bits per heavy atom. The van der Waals surface area contributed by atoms with Crippen LogP contribution in [0.25, 0.3) is 16.5 Å². The van der Waals surface area contributed by atoms with Gasteiger partial charge in [-0.3, -0.25) is 4.79 Å². The van der Waals surface area contributed by atoms with Crippen molar-refractivity contribution in [1.82, 2.24) is 9.88 Å². The molecule has 1 aromatic heterocycles. The van der Waals surface area contributed by atoms with Crippen molar-refractivity contribution in [1.29, 1.82) is 0 Å². The molecule has 4 rings (SSSR count). The number of nitrogens with one attached hydrogen (secondary N) is 1. The zero-order valence-electron chi connectivity index (χ0n) is 14.5. The number of aromatic nitrogens is 1. The number of fused-ring (bicyclic) bond motifs is 1. The molecule has 1 aliphatic rings. The zero-order valence-corrected chi connectivity index (χ0v) is 14.5. The second-order valence-corrected chi connectivity index (χ2v) is 6.35. The molecule has 0 saturated carbocycles. The van der Waals surface area contributed by atoms with Crippen molar-refractivity contribution in [2.24, 2.45) is 0 Å². The summed E-state index contributed by atoms with van der Waals surface area (Å²) in [5, 5.41) is 1.00. The summed E-state index contributed by atoms with van der Waals surface area (Å²) in [6.07, 6.45) is 4.75. The molecular weight excluding hydrogens is 331 g/mol. The van der Waals surface area contributed by atoms with Crippen LogP contribution in [0, 0.1) is 5.82 Å². The van der Waals surface area contributed by atoms with Crippen LogP contribution in [0.3, 0.4) is 0 Å². The van der Waals surface area contributed by atoms with E-state index in [1.54, 1.807) is 25.3 Å². The molecule has 3 aromatic rings. The van der Waals surface area contributed by atoms with Crippen molar-refractivity contribution in [3.8, 4) is 5.75 Å². The second-order valence-electron chi connectivity index (χ2n) is 6.35. The van der Waals surface area contributed by atoms with Gasteiger partial charge in [-0.05, 0) is 48.4 Å². The molecule has 0 spiro atoms. The molecule has 0 radical (unpaired) electrons. The van der Waals surface area contributed by atoms with Crippen molar-refractivity contribution in [3.63, 3.8) is 0 Å². The van der Waals surface area contributed by atoms with Gasteiger partial charge in [0.2, 0.25) is 0 Å². The molecule has 0 aliphatic carbocycles. The van der Waals surface area contributed by atoms with Crippen LogP contribution < -0.4 is 4.74 Å². The maximum absolute atomic E-state index is 13.4. The van der Waals surface area contributed by atoms with Crippen molar-refractivity contribution in [2.75, 3.05) is 20.2 Å². The van der Waals surface area contributed by atoms with Crippen LogP contribution in [0.2, 0.25) is 0 Å². The number of benzene rings is 2. The van der Waals surface area contributed by atoms with E-state index >= 15 is 0 Å². The van der Waals surface area contributed by atoms with Gasteiger partial charge in [0, 0.05) is 41.3 Å². The number of H-pyrrole nitrogens is 1. The Labute approximate surface area is 150 Å². The SMILES string of the molecule is COc1cccc(C(=O)N2CC=C(c3c[nH]c4cc(F)ccc34)CC2)c1. The molecule has 1 amide bonds. The van der Waals surface area contributed by atoms with Gasteiger partial charge in [0.15, 0.2) is 0 Å². The van der Waals surface area contributed by atoms with E-state index in [1.807, 2.05) is 23.2 Å². The molecule has 2 aromatic carbocycles. The molecule has 0 fully saturated rings. The highest BCUT2D eigenvalue weighted by Gasteiger charge is 2.21. The van der Waals surface area contributed by atoms with Crippen molar-refractivity contribution >= 4 is 22.4 Å². The van der Waals surface area contributed by atoms with Gasteiger partial charge in [-0.1, -0.05) is 12.1 Å². The Balaban J connectivity index is 1.55. The van der Waals surface area contributed by atoms with E-state index in [0.717, 1.165) is 22.9 Å². The van der Waals surface area contributed by atoms with Gasteiger partial charge in [0.25, 0.3) is 5.91 Å². The van der Waals surface area contributed by atoms with Gasteiger partial charge in [0.05, 0.1) is 7.11 Å². The molecule has 0 bridgehead atoms. The maximum atomic E-state index is 13.4. The highest BCUT2D eigenvalue weighted by Crippen LogP contribution is 2.30. The number of ether oxygens (including phenoxy) is 1. The van der Waals surface area contributed by atoms with Crippen LogP contribution in [0.4, 0.5) is 4.39 Å². The number of amides is 1. The molecule has 5 heteroatoms. The van der Waals surface area contributed by atoms with Gasteiger partial charge in [-0.25, -0.2) is 4.39 Å². The second kappa shape index (κ2) is 6.67. The topological polar surface area (TPSA) is 45.3 Å². The van der Waals surface area contributed by atoms with Crippen LogP contribution >= 0.6 is 0 Å². The molecule has 2 heterocycles. The smallest absolute Gasteiger partial charge is 0.254 e. The average Bonchev–Trinajstić information content (AvgIpc) is 3.10. The van der Waals surface area contributed by atoms with E-state index < -0.39 is 0 Å². The molecule has 1 N–H and O–H groups in total. The Morgan fingerprint density at radius 3 is 2.88 bits per heavy atom. The summed E-state index contributed by atoms with van der Waals surface area (Å²) in [4.78, 5) is 17.7. The lowest BCUT2D eigenvalue weighted by atomic mass is 9.98. The van der Waals surface area contributed by atoms with Crippen LogP contribution in [-0.2, 0) is 0 Å². The predicted octanol–water partition coefficient (Wildman–Crippen LogP) is 4.25. The van der Waals surface area contributed by atoms with E-state index in [-0.39, 0.29) is 11.7 Å². The molecule has 1 aliphatic heterocycles. The minimum atomic E-state index is -0.251. The summed E-state index contributed by atoms with van der Waals surface area (Å²) in [7, 11) is 1.59. The molecule has 0 saturated heterocycles. The number of nitrogens with zero attached hydrogens (tertiary/aromatic N) is 1. The predicted molar refractivity (Wildman–Crippen MR) is 99.7 cm³/mol. The first-order chi connectivity index (χ1) is 12.7. The van der Waals surface area contributed by atoms with Crippen molar-refractivity contribution in [3.05, 3.63) is 71.7 Å². The fourth-order valence-corrected chi connectivity index (χ4v) is 3.40. The third kappa shape index (κ3) is 2.96. The zero-order chi connectivity index (χ0) is 18.1. The summed E-state index contributed by atoms with van der Waals surface area (Å²) in [6, 6.07) is 12.0. The van der Waals surface area contributed by atoms with E-state index in [2.05, 4.69) is 11.1 Å². The van der Waals surface area contributed by atoms with Crippen LogP contribution in [0.15, 0.2) is 54.7 Å². The van der Waals surface area contributed by atoms with Crippen LogP contribution in [-0.4, -0.2) is 36.0 Å². The fourth-order valence-electron chi connectivity index (χ4n) is 3.40. The first-order valence-electron chi connectivity index (χ1n) is 8.55. The number of carbonyl (C=O) groups excluding carboxylic acids is 1. The fraction of sp³-hybridized carbons (Fsp3) is 0.190. The standard InChI is InChI=1S/C21H19FN2O2/c1-26-17-4-2-3-15(11-17)21(25)24-9-7-14(8-10-24)19-13-23-20-12-16(22)5-6-18(19)20/h2-7,11-13,23H,8-10H2,1H3.